The van der Waals surface area contributed by atoms with E-state index < -0.39 is 0 Å². The van der Waals surface area contributed by atoms with Crippen LogP contribution in [0.5, 0.6) is 5.75 Å². The van der Waals surface area contributed by atoms with Gasteiger partial charge >= 0.3 is 0 Å². The summed E-state index contributed by atoms with van der Waals surface area (Å²) in [5, 5.41) is 9.72. The van der Waals surface area contributed by atoms with E-state index in [9.17, 15) is 9.18 Å². The summed E-state index contributed by atoms with van der Waals surface area (Å²) in [6.45, 7) is 2.50. The molecular formula is C23H19ClFN3O2S. The van der Waals surface area contributed by atoms with Gasteiger partial charge in [-0.15, -0.1) is 11.3 Å². The van der Waals surface area contributed by atoms with E-state index in [0.29, 0.717) is 40.2 Å². The van der Waals surface area contributed by atoms with E-state index in [2.05, 4.69) is 10.4 Å². The maximum absolute atomic E-state index is 13.9. The van der Waals surface area contributed by atoms with Gasteiger partial charge in [-0.1, -0.05) is 29.8 Å². The van der Waals surface area contributed by atoms with Crippen molar-refractivity contribution in [3.8, 4) is 5.75 Å². The number of hydrogen-bond acceptors (Lipinski definition) is 4. The maximum Gasteiger partial charge on any atom is 0.266 e. The minimum absolute atomic E-state index is 0.252. The van der Waals surface area contributed by atoms with Gasteiger partial charge < -0.3 is 10.1 Å². The molecule has 0 bridgehead atoms. The molecular weight excluding hydrogens is 437 g/mol. The third-order valence-electron chi connectivity index (χ3n) is 4.60. The van der Waals surface area contributed by atoms with E-state index in [4.69, 9.17) is 16.3 Å². The molecule has 0 unspecified atom stereocenters. The van der Waals surface area contributed by atoms with Crippen molar-refractivity contribution >= 4 is 34.7 Å². The smallest absolute Gasteiger partial charge is 0.266 e. The van der Waals surface area contributed by atoms with Crippen molar-refractivity contribution in [2.75, 3.05) is 5.32 Å². The Balaban J connectivity index is 1.37. The van der Waals surface area contributed by atoms with Crippen LogP contribution in [0.15, 0.2) is 66.0 Å². The highest BCUT2D eigenvalue weighted by Gasteiger charge is 2.13. The number of carbonyl (C=O) groups excluding carboxylic acids is 1. The molecule has 0 atom stereocenters. The molecule has 1 amide bonds. The van der Waals surface area contributed by atoms with Gasteiger partial charge in [-0.05, 0) is 48.7 Å². The number of anilines is 1. The lowest BCUT2D eigenvalue weighted by Crippen LogP contribution is -2.12. The monoisotopic (exact) mass is 455 g/mol. The number of carbonyl (C=O) groups is 1. The summed E-state index contributed by atoms with van der Waals surface area (Å²) >= 11 is 7.20. The highest BCUT2D eigenvalue weighted by Crippen LogP contribution is 2.21. The fourth-order valence-corrected chi connectivity index (χ4v) is 3.88. The summed E-state index contributed by atoms with van der Waals surface area (Å²) in [4.78, 5) is 13.2. The highest BCUT2D eigenvalue weighted by molar-refractivity contribution is 7.12. The number of hydrogen-bond donors (Lipinski definition) is 1. The molecule has 2 aromatic heterocycles. The molecule has 4 rings (SSSR count). The standard InChI is InChI=1S/C23H19ClFN3O2S/c1-15-10-22(27-28(15)12-17-4-2-3-5-20(17)25)26-23(29)21-11-16(14-31-21)13-30-19-8-6-18(24)7-9-19/h2-11,14H,12-13H2,1H3,(H,26,27,29). The third kappa shape index (κ3) is 5.31. The second-order valence-electron chi connectivity index (χ2n) is 6.94. The SMILES string of the molecule is Cc1cc(NC(=O)c2cc(COc3ccc(Cl)cc3)cs2)nn1Cc1ccccc1F. The number of rotatable bonds is 7. The second kappa shape index (κ2) is 9.32. The predicted molar refractivity (Wildman–Crippen MR) is 121 cm³/mol. The quantitative estimate of drug-likeness (QED) is 0.376. The normalized spacial score (nSPS) is 10.8. The molecule has 31 heavy (non-hydrogen) atoms. The molecule has 0 spiro atoms. The van der Waals surface area contributed by atoms with Crippen LogP contribution in [0.1, 0.15) is 26.5 Å². The number of amides is 1. The van der Waals surface area contributed by atoms with E-state index in [0.717, 1.165) is 11.3 Å². The van der Waals surface area contributed by atoms with Crippen LogP contribution in [0.4, 0.5) is 10.2 Å². The van der Waals surface area contributed by atoms with Crippen molar-refractivity contribution < 1.29 is 13.9 Å². The van der Waals surface area contributed by atoms with E-state index in [1.54, 1.807) is 59.3 Å². The number of halogens is 2. The van der Waals surface area contributed by atoms with Crippen LogP contribution in [0.2, 0.25) is 5.02 Å². The Hall–Kier alpha value is -3.16. The lowest BCUT2D eigenvalue weighted by Gasteiger charge is -2.05. The molecule has 2 heterocycles. The van der Waals surface area contributed by atoms with Crippen molar-refractivity contribution in [1.82, 2.24) is 9.78 Å². The first-order valence-electron chi connectivity index (χ1n) is 9.53. The van der Waals surface area contributed by atoms with Crippen LogP contribution in [0.25, 0.3) is 0 Å². The second-order valence-corrected chi connectivity index (χ2v) is 8.28. The van der Waals surface area contributed by atoms with Crippen molar-refractivity contribution in [3.63, 3.8) is 0 Å². The Labute approximate surface area is 188 Å². The highest BCUT2D eigenvalue weighted by atomic mass is 35.5. The predicted octanol–water partition coefficient (Wildman–Crippen LogP) is 5.93. The van der Waals surface area contributed by atoms with Crippen LogP contribution >= 0.6 is 22.9 Å². The first kappa shape index (κ1) is 21.1. The van der Waals surface area contributed by atoms with Gasteiger partial charge in [0.2, 0.25) is 0 Å². The number of ether oxygens (including phenoxy) is 1. The fraction of sp³-hybridized carbons (Fsp3) is 0.130. The average Bonchev–Trinajstić information content (AvgIpc) is 3.36. The molecule has 0 saturated carbocycles. The van der Waals surface area contributed by atoms with E-state index in [1.807, 2.05) is 12.3 Å². The van der Waals surface area contributed by atoms with Gasteiger partial charge in [0.1, 0.15) is 18.2 Å². The van der Waals surface area contributed by atoms with E-state index in [1.165, 1.54) is 17.4 Å². The van der Waals surface area contributed by atoms with Crippen molar-refractivity contribution in [2.24, 2.45) is 0 Å². The number of aromatic nitrogens is 2. The van der Waals surface area contributed by atoms with Crippen molar-refractivity contribution in [1.29, 1.82) is 0 Å². The van der Waals surface area contributed by atoms with Crippen LogP contribution in [0, 0.1) is 12.7 Å². The maximum atomic E-state index is 13.9. The number of benzene rings is 2. The summed E-state index contributed by atoms with van der Waals surface area (Å²) in [5.74, 6) is 0.594. The Bertz CT molecular complexity index is 1200. The van der Waals surface area contributed by atoms with E-state index in [-0.39, 0.29) is 11.7 Å². The molecule has 5 nitrogen and oxygen atoms in total. The number of nitrogens with zero attached hydrogens (tertiary/aromatic N) is 2. The van der Waals surface area contributed by atoms with Crippen molar-refractivity contribution in [2.45, 2.75) is 20.1 Å². The zero-order valence-corrected chi connectivity index (χ0v) is 18.2. The van der Waals surface area contributed by atoms with Gasteiger partial charge in [-0.2, -0.15) is 5.10 Å². The first-order chi connectivity index (χ1) is 15.0. The lowest BCUT2D eigenvalue weighted by atomic mass is 10.2. The van der Waals surface area contributed by atoms with Crippen LogP contribution in [-0.2, 0) is 13.2 Å². The minimum Gasteiger partial charge on any atom is -0.489 e. The zero-order valence-electron chi connectivity index (χ0n) is 16.6. The summed E-state index contributed by atoms with van der Waals surface area (Å²) in [5.41, 5.74) is 2.25. The van der Waals surface area contributed by atoms with Gasteiger partial charge in [0, 0.05) is 27.9 Å². The molecule has 2 aromatic carbocycles. The minimum atomic E-state index is -0.282. The molecule has 0 aliphatic rings. The zero-order chi connectivity index (χ0) is 21.8. The van der Waals surface area contributed by atoms with Gasteiger partial charge in [0.25, 0.3) is 5.91 Å². The molecule has 0 aliphatic carbocycles. The molecule has 0 radical (unpaired) electrons. The largest absolute Gasteiger partial charge is 0.489 e. The molecule has 158 valence electrons. The van der Waals surface area contributed by atoms with Gasteiger partial charge in [0.05, 0.1) is 11.4 Å². The summed E-state index contributed by atoms with van der Waals surface area (Å²) < 4.78 is 21.3. The molecule has 0 fully saturated rings. The van der Waals surface area contributed by atoms with Crippen LogP contribution < -0.4 is 10.1 Å². The topological polar surface area (TPSA) is 56.1 Å². The Kier molecular flexibility index (Phi) is 6.34. The Morgan fingerprint density at radius 3 is 2.74 bits per heavy atom. The average molecular weight is 456 g/mol. The summed E-state index contributed by atoms with van der Waals surface area (Å²) in [6.07, 6.45) is 0. The fourth-order valence-electron chi connectivity index (χ4n) is 2.97. The Morgan fingerprint density at radius 1 is 1.19 bits per heavy atom. The number of nitrogens with one attached hydrogen (secondary N) is 1. The van der Waals surface area contributed by atoms with Gasteiger partial charge in [-0.3, -0.25) is 9.48 Å². The number of aryl methyl sites for hydroxylation is 1. The molecule has 8 heteroatoms. The van der Waals surface area contributed by atoms with Crippen LogP contribution in [0.3, 0.4) is 0 Å². The first-order valence-corrected chi connectivity index (χ1v) is 10.8. The summed E-state index contributed by atoms with van der Waals surface area (Å²) in [7, 11) is 0. The van der Waals surface area contributed by atoms with Crippen LogP contribution in [-0.4, -0.2) is 15.7 Å². The van der Waals surface area contributed by atoms with Crippen molar-refractivity contribution in [3.05, 3.63) is 98.6 Å². The third-order valence-corrected chi connectivity index (χ3v) is 5.83. The molecule has 0 saturated heterocycles. The summed E-state index contributed by atoms with van der Waals surface area (Å²) in [6, 6.07) is 17.2. The lowest BCUT2D eigenvalue weighted by molar-refractivity contribution is 0.103. The molecule has 0 aliphatic heterocycles. The van der Waals surface area contributed by atoms with E-state index >= 15 is 0 Å². The molecule has 1 N–H and O–H groups in total. The van der Waals surface area contributed by atoms with Gasteiger partial charge in [-0.25, -0.2) is 4.39 Å². The Morgan fingerprint density at radius 2 is 1.97 bits per heavy atom. The molecule has 4 aromatic rings. The van der Waals surface area contributed by atoms with Gasteiger partial charge in [0.15, 0.2) is 5.82 Å². The number of thiophene rings is 1.